The van der Waals surface area contributed by atoms with Crippen molar-refractivity contribution in [2.24, 2.45) is 0 Å². The maximum atomic E-state index is 12.6. The van der Waals surface area contributed by atoms with E-state index in [9.17, 15) is 27.6 Å². The molecule has 0 bridgehead atoms. The molecule has 1 aliphatic rings. The number of imide groups is 1. The number of nitrogens with one attached hydrogen (secondary N) is 1. The van der Waals surface area contributed by atoms with Gasteiger partial charge in [-0.3, -0.25) is 14.5 Å². The first kappa shape index (κ1) is 13.3. The van der Waals surface area contributed by atoms with Gasteiger partial charge in [-0.2, -0.15) is 13.2 Å². The molecule has 0 aliphatic carbocycles. The van der Waals surface area contributed by atoms with Crippen LogP contribution in [0.2, 0.25) is 0 Å². The molecule has 2 N–H and O–H groups in total. The Morgan fingerprint density at radius 1 is 1.47 bits per heavy atom. The number of carbonyl (C=O) groups excluding carboxylic acids is 2. The van der Waals surface area contributed by atoms with E-state index in [-0.39, 0.29) is 4.90 Å². The lowest BCUT2D eigenvalue weighted by Gasteiger charge is -2.24. The fourth-order valence-electron chi connectivity index (χ4n) is 1.30. The number of nitrogens with zero attached hydrogens (tertiary/aromatic N) is 1. The molecule has 0 aromatic heterocycles. The van der Waals surface area contributed by atoms with Gasteiger partial charge < -0.3 is 10.4 Å². The molecule has 9 heteroatoms. The van der Waals surface area contributed by atoms with Gasteiger partial charge in [0.1, 0.15) is 0 Å². The van der Waals surface area contributed by atoms with E-state index in [2.05, 4.69) is 0 Å². The maximum absolute atomic E-state index is 12.6. The summed E-state index contributed by atoms with van der Waals surface area (Å²) >= 11 is 0. The number of aliphatic carboxylic acids is 1. The average Bonchev–Trinajstić information content (AvgIpc) is 2.35. The van der Waals surface area contributed by atoms with Crippen LogP contribution in [0.15, 0.2) is 0 Å². The van der Waals surface area contributed by atoms with E-state index in [0.29, 0.717) is 6.92 Å². The number of carboxylic acid groups (broad SMARTS) is 1. The lowest BCUT2D eigenvalue weighted by molar-refractivity contribution is -0.191. The highest BCUT2D eigenvalue weighted by Gasteiger charge is 2.64. The van der Waals surface area contributed by atoms with Crippen molar-refractivity contribution in [3.8, 4) is 0 Å². The van der Waals surface area contributed by atoms with Crippen LogP contribution in [0.5, 0.6) is 0 Å². The Labute approximate surface area is 93.4 Å². The van der Waals surface area contributed by atoms with Crippen LogP contribution in [-0.4, -0.2) is 46.2 Å². The van der Waals surface area contributed by atoms with Gasteiger partial charge >= 0.3 is 18.2 Å². The van der Waals surface area contributed by atoms with Crippen molar-refractivity contribution < 1.29 is 32.7 Å². The number of carbonyl (C=O) groups is 3. The summed E-state index contributed by atoms with van der Waals surface area (Å²) in [5.74, 6) is -2.80. The summed E-state index contributed by atoms with van der Waals surface area (Å²) in [4.78, 5) is 33.1. The van der Waals surface area contributed by atoms with Crippen LogP contribution in [0.25, 0.3) is 0 Å². The first-order valence-corrected chi connectivity index (χ1v) is 4.52. The standard InChI is InChI=1S/C8H9F3N2O4/c1-7(8(9,10)11)5(16)13(6(17)12-7)3-2-4(14)15/h2-3H2,1H3,(H,12,17)(H,14,15). The minimum Gasteiger partial charge on any atom is -0.481 e. The number of hydrogen-bond donors (Lipinski definition) is 2. The first-order chi connectivity index (χ1) is 7.59. The van der Waals surface area contributed by atoms with E-state index in [0.717, 1.165) is 0 Å². The van der Waals surface area contributed by atoms with Gasteiger partial charge in [-0.15, -0.1) is 0 Å². The topological polar surface area (TPSA) is 86.7 Å². The van der Waals surface area contributed by atoms with Gasteiger partial charge in [0.05, 0.1) is 6.42 Å². The summed E-state index contributed by atoms with van der Waals surface area (Å²) < 4.78 is 37.7. The van der Waals surface area contributed by atoms with Gasteiger partial charge in [-0.05, 0) is 6.92 Å². The summed E-state index contributed by atoms with van der Waals surface area (Å²) in [7, 11) is 0. The Morgan fingerprint density at radius 3 is 2.35 bits per heavy atom. The van der Waals surface area contributed by atoms with E-state index in [1.807, 2.05) is 0 Å². The molecule has 1 heterocycles. The van der Waals surface area contributed by atoms with Crippen LogP contribution in [0.1, 0.15) is 13.3 Å². The third kappa shape index (κ3) is 2.17. The molecule has 0 aromatic rings. The van der Waals surface area contributed by atoms with Crippen molar-refractivity contribution in [1.82, 2.24) is 10.2 Å². The number of hydrogen-bond acceptors (Lipinski definition) is 3. The average molecular weight is 254 g/mol. The van der Waals surface area contributed by atoms with E-state index in [1.165, 1.54) is 5.32 Å². The highest BCUT2D eigenvalue weighted by Crippen LogP contribution is 2.35. The summed E-state index contributed by atoms with van der Waals surface area (Å²) in [5.41, 5.74) is -2.98. The molecule has 0 saturated carbocycles. The molecular weight excluding hydrogens is 245 g/mol. The Kier molecular flexibility index (Phi) is 3.04. The fourth-order valence-corrected chi connectivity index (χ4v) is 1.30. The molecule has 1 atom stereocenters. The predicted molar refractivity (Wildman–Crippen MR) is 47.0 cm³/mol. The van der Waals surface area contributed by atoms with Crippen LogP contribution in [0.4, 0.5) is 18.0 Å². The summed E-state index contributed by atoms with van der Waals surface area (Å²) in [5, 5.41) is 9.86. The largest absolute Gasteiger partial charge is 0.481 e. The van der Waals surface area contributed by atoms with Gasteiger partial charge in [-0.1, -0.05) is 0 Å². The van der Waals surface area contributed by atoms with Crippen molar-refractivity contribution in [1.29, 1.82) is 0 Å². The Balaban J connectivity index is 2.89. The SMILES string of the molecule is CC1(C(F)(F)F)NC(=O)N(CCC(=O)O)C1=O. The van der Waals surface area contributed by atoms with Crippen LogP contribution in [0.3, 0.4) is 0 Å². The molecule has 96 valence electrons. The van der Waals surface area contributed by atoms with Crippen molar-refractivity contribution in [3.63, 3.8) is 0 Å². The molecular formula is C8H9F3N2O4. The van der Waals surface area contributed by atoms with Crippen molar-refractivity contribution in [2.45, 2.75) is 25.1 Å². The van der Waals surface area contributed by atoms with Crippen molar-refractivity contribution in [2.75, 3.05) is 6.54 Å². The van der Waals surface area contributed by atoms with Crippen LogP contribution < -0.4 is 5.32 Å². The Bertz CT molecular complexity index is 381. The van der Waals surface area contributed by atoms with Crippen LogP contribution in [0, 0.1) is 0 Å². The van der Waals surface area contributed by atoms with Gasteiger partial charge in [0, 0.05) is 6.54 Å². The molecule has 6 nitrogen and oxygen atoms in total. The normalized spacial score (nSPS) is 25.1. The third-order valence-electron chi connectivity index (χ3n) is 2.39. The Hall–Kier alpha value is -1.80. The lowest BCUT2D eigenvalue weighted by atomic mass is 10.0. The molecule has 0 radical (unpaired) electrons. The molecule has 17 heavy (non-hydrogen) atoms. The zero-order valence-corrected chi connectivity index (χ0v) is 8.67. The number of amides is 3. The zero-order chi connectivity index (χ0) is 13.4. The summed E-state index contributed by atoms with van der Waals surface area (Å²) in [6.45, 7) is -0.0559. The smallest absolute Gasteiger partial charge is 0.420 e. The molecule has 0 aromatic carbocycles. The minimum absolute atomic E-state index is 0.252. The number of alkyl halides is 3. The van der Waals surface area contributed by atoms with Gasteiger partial charge in [0.2, 0.25) is 5.54 Å². The second-order valence-corrected chi connectivity index (χ2v) is 3.65. The molecule has 3 amide bonds. The summed E-state index contributed by atoms with van der Waals surface area (Å²) in [6, 6.07) is -1.24. The molecule has 0 spiro atoms. The third-order valence-corrected chi connectivity index (χ3v) is 2.39. The van der Waals surface area contributed by atoms with E-state index < -0.39 is 42.6 Å². The molecule has 1 saturated heterocycles. The highest BCUT2D eigenvalue weighted by molar-refractivity contribution is 6.07. The quantitative estimate of drug-likeness (QED) is 0.711. The van der Waals surface area contributed by atoms with Gasteiger partial charge in [0.15, 0.2) is 0 Å². The van der Waals surface area contributed by atoms with E-state index in [1.54, 1.807) is 0 Å². The second kappa shape index (κ2) is 3.90. The summed E-state index contributed by atoms with van der Waals surface area (Å²) in [6.07, 6.45) is -5.54. The number of rotatable bonds is 3. The van der Waals surface area contributed by atoms with E-state index in [4.69, 9.17) is 5.11 Å². The second-order valence-electron chi connectivity index (χ2n) is 3.65. The highest BCUT2D eigenvalue weighted by atomic mass is 19.4. The van der Waals surface area contributed by atoms with Crippen molar-refractivity contribution in [3.05, 3.63) is 0 Å². The number of halogens is 3. The first-order valence-electron chi connectivity index (χ1n) is 4.52. The fraction of sp³-hybridized carbons (Fsp3) is 0.625. The molecule has 1 unspecified atom stereocenters. The monoisotopic (exact) mass is 254 g/mol. The van der Waals surface area contributed by atoms with E-state index >= 15 is 0 Å². The minimum atomic E-state index is -4.93. The van der Waals surface area contributed by atoms with Crippen LogP contribution >= 0.6 is 0 Å². The van der Waals surface area contributed by atoms with Gasteiger partial charge in [0.25, 0.3) is 5.91 Å². The van der Waals surface area contributed by atoms with Crippen molar-refractivity contribution >= 4 is 17.9 Å². The predicted octanol–water partition coefficient (Wildman–Crippen LogP) is 0.334. The van der Waals surface area contributed by atoms with Gasteiger partial charge in [-0.25, -0.2) is 4.79 Å². The number of urea groups is 1. The Morgan fingerprint density at radius 2 is 2.00 bits per heavy atom. The lowest BCUT2D eigenvalue weighted by Crippen LogP contribution is -2.56. The maximum Gasteiger partial charge on any atom is 0.420 e. The zero-order valence-electron chi connectivity index (χ0n) is 8.67. The molecule has 1 rings (SSSR count). The number of carboxylic acids is 1. The molecule has 1 fully saturated rings. The molecule has 1 aliphatic heterocycles. The van der Waals surface area contributed by atoms with Crippen LogP contribution in [-0.2, 0) is 9.59 Å².